The third-order valence-corrected chi connectivity index (χ3v) is 3.79. The molecule has 1 N–H and O–H groups in total. The van der Waals surface area contributed by atoms with E-state index >= 15 is 0 Å². The second-order valence-electron chi connectivity index (χ2n) is 5.68. The Morgan fingerprint density at radius 2 is 2.14 bits per heavy atom. The van der Waals surface area contributed by atoms with E-state index in [2.05, 4.69) is 0 Å². The van der Waals surface area contributed by atoms with Crippen molar-refractivity contribution in [3.63, 3.8) is 0 Å². The Hall–Kier alpha value is -1.14. The smallest absolute Gasteiger partial charge is 0.245 e. The first-order chi connectivity index (χ1) is 10.0. The molecule has 1 heterocycles. The molecule has 0 spiro atoms. The summed E-state index contributed by atoms with van der Waals surface area (Å²) in [5, 5.41) is 9.73. The highest BCUT2D eigenvalue weighted by molar-refractivity contribution is 5.87. The van der Waals surface area contributed by atoms with Gasteiger partial charge >= 0.3 is 0 Å². The number of ether oxygens (including phenoxy) is 1. The lowest BCUT2D eigenvalue weighted by atomic mass is 10.00. The van der Waals surface area contributed by atoms with E-state index in [0.717, 1.165) is 19.3 Å². The van der Waals surface area contributed by atoms with Crippen molar-refractivity contribution in [3.8, 4) is 0 Å². The van der Waals surface area contributed by atoms with Crippen LogP contribution in [-0.4, -0.2) is 72.7 Å². The van der Waals surface area contributed by atoms with Gasteiger partial charge in [-0.25, -0.2) is 0 Å². The molecule has 0 aromatic carbocycles. The van der Waals surface area contributed by atoms with Crippen LogP contribution in [0.25, 0.3) is 0 Å². The van der Waals surface area contributed by atoms with Gasteiger partial charge in [0.25, 0.3) is 0 Å². The molecule has 1 rings (SSSR count). The van der Waals surface area contributed by atoms with E-state index < -0.39 is 6.10 Å². The first kappa shape index (κ1) is 17.9. The number of likely N-dealkylation sites (tertiary alicyclic amines) is 1. The average Bonchev–Trinajstić information content (AvgIpc) is 2.46. The molecule has 2 amide bonds. The van der Waals surface area contributed by atoms with Gasteiger partial charge in [-0.2, -0.15) is 0 Å². The molecule has 1 aliphatic rings. The Bertz CT molecular complexity index is 349. The Labute approximate surface area is 127 Å². The number of aliphatic hydroxyl groups is 1. The highest BCUT2D eigenvalue weighted by Crippen LogP contribution is 2.20. The lowest BCUT2D eigenvalue weighted by Gasteiger charge is -2.37. The standard InChI is InChI=1S/C15H28N2O4/c1-4-7-14(19)17-9-6-5-8-13(17)15(20)16(2)10-12(18)11-21-3/h12-13,18H,4-11H2,1-3H3/t12-,13+/m0/s1. The third-order valence-electron chi connectivity index (χ3n) is 3.79. The molecule has 1 fully saturated rings. The normalized spacial score (nSPS) is 20.2. The molecule has 0 aromatic heterocycles. The van der Waals surface area contributed by atoms with Crippen molar-refractivity contribution < 1.29 is 19.4 Å². The van der Waals surface area contributed by atoms with E-state index in [1.54, 1.807) is 11.9 Å². The van der Waals surface area contributed by atoms with Crippen molar-refractivity contribution in [1.82, 2.24) is 9.80 Å². The van der Waals surface area contributed by atoms with E-state index in [1.807, 2.05) is 6.92 Å². The van der Waals surface area contributed by atoms with Crippen LogP contribution in [-0.2, 0) is 14.3 Å². The summed E-state index contributed by atoms with van der Waals surface area (Å²) in [7, 11) is 3.18. The van der Waals surface area contributed by atoms with Crippen LogP contribution in [0.4, 0.5) is 0 Å². The molecule has 6 nitrogen and oxygen atoms in total. The molecule has 6 heteroatoms. The van der Waals surface area contributed by atoms with Crippen molar-refractivity contribution >= 4 is 11.8 Å². The lowest BCUT2D eigenvalue weighted by molar-refractivity contribution is -0.147. The summed E-state index contributed by atoms with van der Waals surface area (Å²) in [6.45, 7) is 3.04. The zero-order valence-corrected chi connectivity index (χ0v) is 13.4. The number of hydrogen-bond donors (Lipinski definition) is 1. The zero-order chi connectivity index (χ0) is 15.8. The zero-order valence-electron chi connectivity index (χ0n) is 13.4. The molecule has 2 atom stereocenters. The Kier molecular flexibility index (Phi) is 7.67. The van der Waals surface area contributed by atoms with Crippen LogP contribution in [0.3, 0.4) is 0 Å². The molecule has 0 unspecified atom stereocenters. The van der Waals surface area contributed by atoms with E-state index in [0.29, 0.717) is 19.4 Å². The number of carbonyl (C=O) groups is 2. The SMILES string of the molecule is CCCC(=O)N1CCCC[C@@H]1C(=O)N(C)C[C@H](O)COC. The van der Waals surface area contributed by atoms with Gasteiger partial charge in [0.15, 0.2) is 0 Å². The van der Waals surface area contributed by atoms with Gasteiger partial charge in [0.1, 0.15) is 6.04 Å². The van der Waals surface area contributed by atoms with Gasteiger partial charge in [0.05, 0.1) is 12.7 Å². The fourth-order valence-corrected chi connectivity index (χ4v) is 2.75. The number of nitrogens with zero attached hydrogens (tertiary/aromatic N) is 2. The quantitative estimate of drug-likeness (QED) is 0.749. The Morgan fingerprint density at radius 1 is 1.43 bits per heavy atom. The lowest BCUT2D eigenvalue weighted by Crippen LogP contribution is -2.53. The van der Waals surface area contributed by atoms with Crippen molar-refractivity contribution in [2.75, 3.05) is 33.9 Å². The van der Waals surface area contributed by atoms with Gasteiger partial charge < -0.3 is 19.6 Å². The van der Waals surface area contributed by atoms with Crippen LogP contribution in [0.5, 0.6) is 0 Å². The number of rotatable bonds is 7. The van der Waals surface area contributed by atoms with Crippen molar-refractivity contribution in [1.29, 1.82) is 0 Å². The number of likely N-dealkylation sites (N-methyl/N-ethyl adjacent to an activating group) is 1. The maximum Gasteiger partial charge on any atom is 0.245 e. The molecule has 0 aromatic rings. The van der Waals surface area contributed by atoms with Gasteiger partial charge in [-0.3, -0.25) is 9.59 Å². The second kappa shape index (κ2) is 9.00. The summed E-state index contributed by atoms with van der Waals surface area (Å²) >= 11 is 0. The molecule has 1 saturated heterocycles. The first-order valence-electron chi connectivity index (χ1n) is 7.72. The number of hydrogen-bond acceptors (Lipinski definition) is 4. The number of aliphatic hydroxyl groups excluding tert-OH is 1. The molecule has 0 radical (unpaired) electrons. The summed E-state index contributed by atoms with van der Waals surface area (Å²) in [6, 6.07) is -0.377. The van der Waals surface area contributed by atoms with Gasteiger partial charge in [-0.15, -0.1) is 0 Å². The third kappa shape index (κ3) is 5.28. The average molecular weight is 300 g/mol. The van der Waals surface area contributed by atoms with Crippen LogP contribution in [0.2, 0.25) is 0 Å². The summed E-state index contributed by atoms with van der Waals surface area (Å²) in [4.78, 5) is 27.9. The second-order valence-corrected chi connectivity index (χ2v) is 5.68. The highest BCUT2D eigenvalue weighted by Gasteiger charge is 2.33. The molecule has 21 heavy (non-hydrogen) atoms. The first-order valence-corrected chi connectivity index (χ1v) is 7.72. The summed E-state index contributed by atoms with van der Waals surface area (Å²) in [5.41, 5.74) is 0. The fraction of sp³-hybridized carbons (Fsp3) is 0.867. The minimum atomic E-state index is -0.702. The number of carbonyl (C=O) groups excluding carboxylic acids is 2. The number of methoxy groups -OCH3 is 1. The van der Waals surface area contributed by atoms with E-state index in [1.165, 1.54) is 12.0 Å². The van der Waals surface area contributed by atoms with Gasteiger partial charge in [0, 0.05) is 33.7 Å². The van der Waals surface area contributed by atoms with E-state index in [-0.39, 0.29) is 31.0 Å². The predicted molar refractivity (Wildman–Crippen MR) is 79.8 cm³/mol. The van der Waals surface area contributed by atoms with Gasteiger partial charge in [-0.05, 0) is 25.7 Å². The molecule has 1 aliphatic heterocycles. The van der Waals surface area contributed by atoms with Crippen molar-refractivity contribution in [2.45, 2.75) is 51.2 Å². The van der Waals surface area contributed by atoms with Crippen LogP contribution >= 0.6 is 0 Å². The predicted octanol–water partition coefficient (Wildman–Crippen LogP) is 0.633. The summed E-state index contributed by atoms with van der Waals surface area (Å²) in [5.74, 6) is -0.0318. The maximum absolute atomic E-state index is 12.5. The molecule has 0 bridgehead atoms. The summed E-state index contributed by atoms with van der Waals surface area (Å²) < 4.78 is 4.87. The van der Waals surface area contributed by atoms with Crippen LogP contribution in [0.15, 0.2) is 0 Å². The van der Waals surface area contributed by atoms with Gasteiger partial charge in [-0.1, -0.05) is 6.92 Å². The summed E-state index contributed by atoms with van der Waals surface area (Å²) in [6.07, 6.45) is 3.19. The molecular formula is C15H28N2O4. The fourth-order valence-electron chi connectivity index (χ4n) is 2.75. The highest BCUT2D eigenvalue weighted by atomic mass is 16.5. The van der Waals surface area contributed by atoms with Crippen molar-refractivity contribution in [3.05, 3.63) is 0 Å². The van der Waals surface area contributed by atoms with Crippen molar-refractivity contribution in [2.24, 2.45) is 0 Å². The Morgan fingerprint density at radius 3 is 2.76 bits per heavy atom. The van der Waals surface area contributed by atoms with Gasteiger partial charge in [0.2, 0.25) is 11.8 Å². The van der Waals surface area contributed by atoms with E-state index in [9.17, 15) is 14.7 Å². The van der Waals surface area contributed by atoms with Crippen LogP contribution < -0.4 is 0 Å². The monoisotopic (exact) mass is 300 g/mol. The minimum absolute atomic E-state index is 0.0568. The maximum atomic E-state index is 12.5. The molecule has 0 saturated carbocycles. The number of piperidine rings is 1. The molecular weight excluding hydrogens is 272 g/mol. The minimum Gasteiger partial charge on any atom is -0.389 e. The number of amides is 2. The largest absolute Gasteiger partial charge is 0.389 e. The van der Waals surface area contributed by atoms with Crippen LogP contribution in [0, 0.1) is 0 Å². The van der Waals surface area contributed by atoms with E-state index in [4.69, 9.17) is 4.74 Å². The topological polar surface area (TPSA) is 70.1 Å². The molecule has 0 aliphatic carbocycles. The Balaban J connectivity index is 2.65. The molecule has 122 valence electrons. The van der Waals surface area contributed by atoms with Crippen LogP contribution in [0.1, 0.15) is 39.0 Å².